The fourth-order valence-corrected chi connectivity index (χ4v) is 1.48. The van der Waals surface area contributed by atoms with E-state index in [4.69, 9.17) is 5.73 Å². The molecule has 0 aliphatic heterocycles. The van der Waals surface area contributed by atoms with E-state index in [0.717, 1.165) is 12.1 Å². The summed E-state index contributed by atoms with van der Waals surface area (Å²) in [5, 5.41) is 1.94. The largest absolute Gasteiger partial charge is 0.351 e. The van der Waals surface area contributed by atoms with E-state index < -0.39 is 29.6 Å². The number of rotatable bonds is 4. The van der Waals surface area contributed by atoms with Crippen molar-refractivity contribution in [2.45, 2.75) is 19.5 Å². The van der Waals surface area contributed by atoms with Gasteiger partial charge in [0.25, 0.3) is 0 Å². The molecule has 1 atom stereocenters. The fourth-order valence-electron chi connectivity index (χ4n) is 1.48. The smallest absolute Gasteiger partial charge is 0.318 e. The van der Waals surface area contributed by atoms with Crippen molar-refractivity contribution in [3.63, 3.8) is 0 Å². The molecule has 5 nitrogen and oxygen atoms in total. The number of halogens is 2. The van der Waals surface area contributed by atoms with Crippen molar-refractivity contribution in [2.75, 3.05) is 7.05 Å². The molecule has 0 radical (unpaired) electrons. The van der Waals surface area contributed by atoms with E-state index in [9.17, 15) is 18.4 Å². The highest BCUT2D eigenvalue weighted by atomic mass is 19.1. The van der Waals surface area contributed by atoms with E-state index in [1.165, 1.54) is 11.0 Å². The summed E-state index contributed by atoms with van der Waals surface area (Å²) < 4.78 is 26.2. The van der Waals surface area contributed by atoms with E-state index in [0.29, 0.717) is 0 Å². The van der Waals surface area contributed by atoms with Crippen molar-refractivity contribution in [3.8, 4) is 0 Å². The molecule has 3 amide bonds. The first-order valence-electron chi connectivity index (χ1n) is 5.55. The lowest BCUT2D eigenvalue weighted by Crippen LogP contribution is -2.46. The molecule has 0 bridgehead atoms. The lowest BCUT2D eigenvalue weighted by atomic mass is 10.1. The lowest BCUT2D eigenvalue weighted by molar-refractivity contribution is -0.124. The molecule has 3 N–H and O–H groups in total. The van der Waals surface area contributed by atoms with Gasteiger partial charge < -0.3 is 5.73 Å². The van der Waals surface area contributed by atoms with Gasteiger partial charge in [0.15, 0.2) is 0 Å². The van der Waals surface area contributed by atoms with Crippen LogP contribution in [0.15, 0.2) is 18.2 Å². The average Bonchev–Trinajstić information content (AvgIpc) is 2.30. The van der Waals surface area contributed by atoms with Crippen molar-refractivity contribution < 1.29 is 18.4 Å². The number of carbonyl (C=O) groups excluding carboxylic acids is 2. The molecule has 0 aliphatic carbocycles. The topological polar surface area (TPSA) is 75.4 Å². The minimum absolute atomic E-state index is 0.0967. The van der Waals surface area contributed by atoms with E-state index in [2.05, 4.69) is 0 Å². The van der Waals surface area contributed by atoms with Crippen LogP contribution < -0.4 is 11.1 Å². The minimum Gasteiger partial charge on any atom is -0.351 e. The highest BCUT2D eigenvalue weighted by molar-refractivity contribution is 5.96. The number of nitrogens with two attached hydrogens (primary N) is 1. The van der Waals surface area contributed by atoms with Gasteiger partial charge in [-0.25, -0.2) is 13.6 Å². The molecule has 1 unspecified atom stereocenters. The highest BCUT2D eigenvalue weighted by Gasteiger charge is 2.20. The molecule has 19 heavy (non-hydrogen) atoms. The molecule has 0 aromatic heterocycles. The van der Waals surface area contributed by atoms with Crippen molar-refractivity contribution in [2.24, 2.45) is 5.73 Å². The first kappa shape index (κ1) is 15.0. The zero-order chi connectivity index (χ0) is 14.6. The Labute approximate surface area is 109 Å². The molecule has 0 fully saturated rings. The van der Waals surface area contributed by atoms with Crippen molar-refractivity contribution >= 4 is 11.9 Å². The average molecular weight is 271 g/mol. The Morgan fingerprint density at radius 3 is 2.58 bits per heavy atom. The molecule has 1 rings (SSSR count). The summed E-state index contributed by atoms with van der Waals surface area (Å²) in [6, 6.07) is 1.59. The van der Waals surface area contributed by atoms with Gasteiger partial charge in [-0.1, -0.05) is 6.07 Å². The quantitative estimate of drug-likeness (QED) is 0.857. The normalized spacial score (nSPS) is 12.3. The summed E-state index contributed by atoms with van der Waals surface area (Å²) >= 11 is 0. The van der Waals surface area contributed by atoms with Crippen LogP contribution in [0.3, 0.4) is 0 Å². The minimum atomic E-state index is -0.946. The molecule has 1 aromatic rings. The van der Waals surface area contributed by atoms with Crippen LogP contribution in [0.2, 0.25) is 0 Å². The summed E-state index contributed by atoms with van der Waals surface area (Å²) in [6.45, 7) is 1.64. The Balaban J connectivity index is 2.70. The Hall–Kier alpha value is -2.02. The lowest BCUT2D eigenvalue weighted by Gasteiger charge is -2.23. The van der Waals surface area contributed by atoms with Gasteiger partial charge in [0.2, 0.25) is 5.91 Å². The number of nitrogens with zero attached hydrogens (tertiary/aromatic N) is 1. The van der Waals surface area contributed by atoms with Crippen molar-refractivity contribution in [1.82, 2.24) is 10.2 Å². The second kappa shape index (κ2) is 6.24. The van der Waals surface area contributed by atoms with Crippen LogP contribution in [-0.4, -0.2) is 29.9 Å². The van der Waals surface area contributed by atoms with E-state index in [-0.39, 0.29) is 12.1 Å². The van der Waals surface area contributed by atoms with Gasteiger partial charge in [0.1, 0.15) is 11.6 Å². The number of carbonyl (C=O) groups is 2. The molecule has 0 saturated carbocycles. The maximum Gasteiger partial charge on any atom is 0.318 e. The molecule has 0 spiro atoms. The Bertz CT molecular complexity index is 494. The second-order valence-electron chi connectivity index (χ2n) is 4.18. The van der Waals surface area contributed by atoms with Crippen molar-refractivity contribution in [3.05, 3.63) is 35.4 Å². The third-order valence-corrected chi connectivity index (χ3v) is 2.72. The number of hydrogen-bond donors (Lipinski definition) is 2. The van der Waals surface area contributed by atoms with Crippen LogP contribution in [0.1, 0.15) is 12.5 Å². The molecule has 1 aromatic carbocycles. The fraction of sp³-hybridized carbons (Fsp3) is 0.333. The van der Waals surface area contributed by atoms with E-state index in [1.807, 2.05) is 5.32 Å². The predicted octanol–water partition coefficient (Wildman–Crippen LogP) is 0.980. The molecule has 0 saturated heterocycles. The number of hydrogen-bond acceptors (Lipinski definition) is 3. The summed E-state index contributed by atoms with van der Waals surface area (Å²) in [5.41, 5.74) is 5.09. The number of benzene rings is 1. The summed E-state index contributed by atoms with van der Waals surface area (Å²) in [5.74, 6) is -1.93. The SMILES string of the molecule is CC(C(=O)NC(N)=O)N(C)Cc1ccc(F)cc1F. The van der Waals surface area contributed by atoms with Gasteiger partial charge in [0, 0.05) is 18.2 Å². The molecular weight excluding hydrogens is 256 g/mol. The standard InChI is InChI=1S/C12H15F2N3O2/c1-7(11(18)16-12(15)19)17(2)6-8-3-4-9(13)5-10(8)14/h3-5,7H,6H2,1-2H3,(H3,15,16,18,19). The van der Waals surface area contributed by atoms with Gasteiger partial charge in [-0.15, -0.1) is 0 Å². The number of urea groups is 1. The molecule has 7 heteroatoms. The Morgan fingerprint density at radius 1 is 1.42 bits per heavy atom. The van der Waals surface area contributed by atoms with Gasteiger partial charge in [-0.3, -0.25) is 15.0 Å². The van der Waals surface area contributed by atoms with Gasteiger partial charge >= 0.3 is 6.03 Å². The van der Waals surface area contributed by atoms with Crippen LogP contribution in [0.5, 0.6) is 0 Å². The highest BCUT2D eigenvalue weighted by Crippen LogP contribution is 2.12. The zero-order valence-corrected chi connectivity index (χ0v) is 10.6. The van der Waals surface area contributed by atoms with Crippen LogP contribution in [-0.2, 0) is 11.3 Å². The van der Waals surface area contributed by atoms with Crippen LogP contribution in [0, 0.1) is 11.6 Å². The number of amides is 3. The third-order valence-electron chi connectivity index (χ3n) is 2.72. The maximum atomic E-state index is 13.4. The van der Waals surface area contributed by atoms with Crippen molar-refractivity contribution in [1.29, 1.82) is 0 Å². The van der Waals surface area contributed by atoms with Gasteiger partial charge in [-0.2, -0.15) is 0 Å². The second-order valence-corrected chi connectivity index (χ2v) is 4.18. The van der Waals surface area contributed by atoms with Gasteiger partial charge in [0.05, 0.1) is 6.04 Å². The van der Waals surface area contributed by atoms with Crippen LogP contribution in [0.25, 0.3) is 0 Å². The first-order chi connectivity index (χ1) is 8.81. The number of nitrogens with one attached hydrogen (secondary N) is 1. The maximum absolute atomic E-state index is 13.4. The predicted molar refractivity (Wildman–Crippen MR) is 65.0 cm³/mol. The van der Waals surface area contributed by atoms with Gasteiger partial charge in [-0.05, 0) is 20.0 Å². The summed E-state index contributed by atoms with van der Waals surface area (Å²) in [6.07, 6.45) is 0. The Morgan fingerprint density at radius 2 is 2.05 bits per heavy atom. The zero-order valence-electron chi connectivity index (χ0n) is 10.6. The third kappa shape index (κ3) is 4.29. The van der Waals surface area contributed by atoms with Crippen LogP contribution in [0.4, 0.5) is 13.6 Å². The molecular formula is C12H15F2N3O2. The number of imide groups is 1. The van der Waals surface area contributed by atoms with E-state index in [1.54, 1.807) is 14.0 Å². The monoisotopic (exact) mass is 271 g/mol. The van der Waals surface area contributed by atoms with E-state index >= 15 is 0 Å². The molecule has 0 heterocycles. The Kier molecular flexibility index (Phi) is 4.94. The summed E-state index contributed by atoms with van der Waals surface area (Å²) in [7, 11) is 1.58. The number of primary amides is 1. The molecule has 0 aliphatic rings. The summed E-state index contributed by atoms with van der Waals surface area (Å²) in [4.78, 5) is 23.6. The number of likely N-dealkylation sites (N-methyl/N-ethyl adjacent to an activating group) is 1. The van der Waals surface area contributed by atoms with Crippen LogP contribution >= 0.6 is 0 Å². The molecule has 104 valence electrons. The first-order valence-corrected chi connectivity index (χ1v) is 5.55.